The number of hydrogen-bond donors (Lipinski definition) is 1. The van der Waals surface area contributed by atoms with E-state index >= 15 is 0 Å². The average Bonchev–Trinajstić information content (AvgIpc) is 2.71. The van der Waals surface area contributed by atoms with Crippen molar-refractivity contribution >= 4 is 28.6 Å². The smallest absolute Gasteiger partial charge is 0.272 e. The molecule has 28 heavy (non-hydrogen) atoms. The minimum absolute atomic E-state index is 0.0943. The quantitative estimate of drug-likeness (QED) is 0.425. The number of thioether (sulfide) groups is 1. The summed E-state index contributed by atoms with van der Waals surface area (Å²) < 4.78 is 11.1. The zero-order chi connectivity index (χ0) is 20.6. The lowest BCUT2D eigenvalue weighted by atomic mass is 10.1. The molecule has 0 aliphatic rings. The van der Waals surface area contributed by atoms with Gasteiger partial charge in [0.05, 0.1) is 12.1 Å². The number of pyridine rings is 1. The van der Waals surface area contributed by atoms with Crippen molar-refractivity contribution in [3.8, 4) is 42.8 Å². The zero-order valence-electron chi connectivity index (χ0n) is 15.7. The summed E-state index contributed by atoms with van der Waals surface area (Å²) in [5.74, 6) is 7.59. The summed E-state index contributed by atoms with van der Waals surface area (Å²) in [6.45, 7) is 1.89. The molecule has 1 heterocycles. The fraction of sp³-hybridized carbons (Fsp3) is 0.273. The Kier molecular flexibility index (Phi) is 7.36. The minimum Gasteiger partial charge on any atom is -0.470 e. The van der Waals surface area contributed by atoms with Crippen molar-refractivity contribution < 1.29 is 14.3 Å². The summed E-state index contributed by atoms with van der Waals surface area (Å²) in [6, 6.07) is 7.18. The molecule has 2 unspecified atom stereocenters. The highest BCUT2D eigenvalue weighted by atomic mass is 32.2. The first kappa shape index (κ1) is 21.2. The number of fused-ring (bicyclic) bond motifs is 1. The van der Waals surface area contributed by atoms with E-state index in [2.05, 4.69) is 28.1 Å². The number of carbonyl (C=O) groups excluding carboxylic acids is 1. The van der Waals surface area contributed by atoms with Crippen molar-refractivity contribution in [3.63, 3.8) is 0 Å². The number of aromatic nitrogens is 1. The van der Waals surface area contributed by atoms with Crippen LogP contribution in [0.4, 0.5) is 0 Å². The third-order valence-electron chi connectivity index (χ3n) is 3.78. The van der Waals surface area contributed by atoms with Crippen molar-refractivity contribution in [2.45, 2.75) is 17.9 Å². The van der Waals surface area contributed by atoms with E-state index in [0.29, 0.717) is 11.3 Å². The summed E-state index contributed by atoms with van der Waals surface area (Å²) in [4.78, 5) is 17.0. The Morgan fingerprint density at radius 2 is 2.14 bits per heavy atom. The predicted molar refractivity (Wildman–Crippen MR) is 113 cm³/mol. The van der Waals surface area contributed by atoms with E-state index in [-0.39, 0.29) is 19.1 Å². The van der Waals surface area contributed by atoms with Crippen molar-refractivity contribution in [1.82, 2.24) is 10.3 Å². The number of ether oxygens (including phenoxy) is 2. The van der Waals surface area contributed by atoms with Crippen molar-refractivity contribution in [2.75, 3.05) is 19.5 Å². The molecule has 0 saturated carbocycles. The largest absolute Gasteiger partial charge is 0.470 e. The van der Waals surface area contributed by atoms with Crippen LogP contribution in [0.5, 0.6) is 5.75 Å². The van der Waals surface area contributed by atoms with Gasteiger partial charge in [-0.1, -0.05) is 17.8 Å². The third-order valence-corrected chi connectivity index (χ3v) is 4.52. The number of nitrogens with one attached hydrogen (secondary N) is 1. The van der Waals surface area contributed by atoms with Crippen LogP contribution < -0.4 is 10.1 Å². The van der Waals surface area contributed by atoms with E-state index in [1.54, 1.807) is 37.6 Å². The minimum atomic E-state index is -1.000. The van der Waals surface area contributed by atoms with Gasteiger partial charge in [-0.2, -0.15) is 0 Å². The van der Waals surface area contributed by atoms with Gasteiger partial charge in [0, 0.05) is 17.1 Å². The van der Waals surface area contributed by atoms with E-state index in [1.807, 2.05) is 6.07 Å². The highest BCUT2D eigenvalue weighted by molar-refractivity contribution is 7.99. The Morgan fingerprint density at radius 1 is 1.36 bits per heavy atom. The van der Waals surface area contributed by atoms with Gasteiger partial charge in [-0.3, -0.25) is 9.78 Å². The fourth-order valence-electron chi connectivity index (χ4n) is 2.35. The lowest BCUT2D eigenvalue weighted by molar-refractivity contribution is -0.126. The van der Waals surface area contributed by atoms with Gasteiger partial charge in [0.15, 0.2) is 0 Å². The number of hydrogen-bond acceptors (Lipinski definition) is 5. The van der Waals surface area contributed by atoms with Crippen LogP contribution in [0.3, 0.4) is 0 Å². The van der Waals surface area contributed by atoms with Crippen LogP contribution in [0.25, 0.3) is 10.9 Å². The van der Waals surface area contributed by atoms with Crippen molar-refractivity contribution in [1.29, 1.82) is 0 Å². The van der Waals surface area contributed by atoms with E-state index in [4.69, 9.17) is 28.7 Å². The van der Waals surface area contributed by atoms with Crippen LogP contribution in [-0.4, -0.2) is 41.3 Å². The second kappa shape index (κ2) is 9.72. The topological polar surface area (TPSA) is 60.5 Å². The normalized spacial score (nSPS) is 13.4. The highest BCUT2D eigenvalue weighted by Gasteiger charge is 2.29. The number of nitrogens with zero attached hydrogens (tertiary/aromatic N) is 1. The maximum atomic E-state index is 12.7. The van der Waals surface area contributed by atoms with Crippen LogP contribution in [0, 0.1) is 37.0 Å². The maximum absolute atomic E-state index is 12.7. The molecular formula is C22H20N2O3S. The van der Waals surface area contributed by atoms with Crippen LogP contribution >= 0.6 is 11.8 Å². The molecule has 0 saturated heterocycles. The molecule has 2 aromatic rings. The van der Waals surface area contributed by atoms with Crippen molar-refractivity contribution in [2.24, 2.45) is 0 Å². The van der Waals surface area contributed by atoms with Gasteiger partial charge in [0.25, 0.3) is 5.91 Å². The molecule has 5 nitrogen and oxygen atoms in total. The van der Waals surface area contributed by atoms with E-state index in [1.165, 1.54) is 11.8 Å². The molecule has 142 valence electrons. The Balaban J connectivity index is 2.13. The second-order valence-electron chi connectivity index (χ2n) is 6.07. The third kappa shape index (κ3) is 5.44. The SMILES string of the molecule is C#CCOCC(C)(C#C)NC(=O)C(Oc1ccc2ncc(C#C)cc2c1)SC. The van der Waals surface area contributed by atoms with Gasteiger partial charge >= 0.3 is 0 Å². The fourth-order valence-corrected chi connectivity index (χ4v) is 2.83. The van der Waals surface area contributed by atoms with Crippen LogP contribution in [-0.2, 0) is 9.53 Å². The van der Waals surface area contributed by atoms with Gasteiger partial charge in [-0.15, -0.1) is 31.0 Å². The summed E-state index contributed by atoms with van der Waals surface area (Å²) in [5.41, 5.74) is -0.357. The standard InChI is InChI=1S/C22H20N2O3S/c1-6-11-26-15-22(4,8-3)24-20(25)21(28-5)27-18-9-10-19-17(13-18)12-16(7-2)14-23-19/h1-3,9-10,12-14,21H,11,15H2,4-5H3,(H,24,25). The summed E-state index contributed by atoms with van der Waals surface area (Å²) >= 11 is 1.24. The summed E-state index contributed by atoms with van der Waals surface area (Å²) in [7, 11) is 0. The zero-order valence-corrected chi connectivity index (χ0v) is 16.5. The molecule has 0 aliphatic heterocycles. The molecule has 0 fully saturated rings. The number of benzene rings is 1. The van der Waals surface area contributed by atoms with Gasteiger partial charge in [-0.25, -0.2) is 0 Å². The number of carbonyl (C=O) groups is 1. The lowest BCUT2D eigenvalue weighted by Gasteiger charge is -2.27. The number of terminal acetylenes is 3. The second-order valence-corrected chi connectivity index (χ2v) is 6.97. The lowest BCUT2D eigenvalue weighted by Crippen LogP contribution is -2.52. The molecule has 0 aliphatic carbocycles. The average molecular weight is 392 g/mol. The molecule has 6 heteroatoms. The summed E-state index contributed by atoms with van der Waals surface area (Å²) in [5, 5.41) is 3.60. The first-order valence-corrected chi connectivity index (χ1v) is 9.60. The number of rotatable bonds is 8. The summed E-state index contributed by atoms with van der Waals surface area (Å²) in [6.07, 6.45) is 19.5. The van der Waals surface area contributed by atoms with E-state index < -0.39 is 11.0 Å². The molecule has 2 atom stereocenters. The molecule has 0 bridgehead atoms. The van der Waals surface area contributed by atoms with Crippen molar-refractivity contribution in [3.05, 3.63) is 36.0 Å². The molecule has 0 radical (unpaired) electrons. The molecule has 0 spiro atoms. The number of amides is 1. The Morgan fingerprint density at radius 3 is 2.79 bits per heavy atom. The maximum Gasteiger partial charge on any atom is 0.272 e. The molecule has 2 rings (SSSR count). The molecule has 1 aromatic carbocycles. The Labute approximate surface area is 169 Å². The molecular weight excluding hydrogens is 372 g/mol. The van der Waals surface area contributed by atoms with Gasteiger partial charge in [0.1, 0.15) is 17.9 Å². The molecule has 1 N–H and O–H groups in total. The van der Waals surface area contributed by atoms with Crippen LogP contribution in [0.1, 0.15) is 12.5 Å². The molecule has 1 aromatic heterocycles. The van der Waals surface area contributed by atoms with E-state index in [9.17, 15) is 4.79 Å². The monoisotopic (exact) mass is 392 g/mol. The first-order valence-electron chi connectivity index (χ1n) is 8.31. The van der Waals surface area contributed by atoms with E-state index in [0.717, 1.165) is 10.9 Å². The van der Waals surface area contributed by atoms with Crippen LogP contribution in [0.15, 0.2) is 30.5 Å². The highest BCUT2D eigenvalue weighted by Crippen LogP contribution is 2.23. The van der Waals surface area contributed by atoms with Gasteiger partial charge < -0.3 is 14.8 Å². The van der Waals surface area contributed by atoms with Gasteiger partial charge in [-0.05, 0) is 37.4 Å². The Hall–Kier alpha value is -3.11. The van der Waals surface area contributed by atoms with Crippen LogP contribution in [0.2, 0.25) is 0 Å². The van der Waals surface area contributed by atoms with Gasteiger partial charge in [0.2, 0.25) is 5.44 Å². The Bertz CT molecular complexity index is 984. The molecule has 1 amide bonds. The first-order chi connectivity index (χ1) is 13.4. The predicted octanol–water partition coefficient (Wildman–Crippen LogP) is 2.44.